The summed E-state index contributed by atoms with van der Waals surface area (Å²) in [6.07, 6.45) is 2.52. The molecule has 6 nitrogen and oxygen atoms in total. The summed E-state index contributed by atoms with van der Waals surface area (Å²) >= 11 is 0. The minimum absolute atomic E-state index is 0.0356. The fourth-order valence-corrected chi connectivity index (χ4v) is 3.82. The highest BCUT2D eigenvalue weighted by molar-refractivity contribution is 5.91. The van der Waals surface area contributed by atoms with Gasteiger partial charge in [0.25, 0.3) is 5.91 Å². The van der Waals surface area contributed by atoms with Crippen molar-refractivity contribution in [2.45, 2.75) is 25.1 Å². The highest BCUT2D eigenvalue weighted by Crippen LogP contribution is 2.26. The van der Waals surface area contributed by atoms with E-state index < -0.39 is 0 Å². The number of fused-ring (bicyclic) bond motifs is 1. The molecule has 1 amide bonds. The van der Waals surface area contributed by atoms with E-state index in [4.69, 9.17) is 14.4 Å². The number of amides is 1. The maximum absolute atomic E-state index is 12.8. The Morgan fingerprint density at radius 2 is 2.08 bits per heavy atom. The van der Waals surface area contributed by atoms with Gasteiger partial charge in [-0.3, -0.25) is 9.69 Å². The van der Waals surface area contributed by atoms with Crippen LogP contribution in [0.15, 0.2) is 47.1 Å². The third-order valence-electron chi connectivity index (χ3n) is 5.15. The maximum atomic E-state index is 12.8. The molecule has 2 aliphatic heterocycles. The van der Waals surface area contributed by atoms with Crippen molar-refractivity contribution in [1.29, 1.82) is 5.26 Å². The van der Waals surface area contributed by atoms with E-state index in [1.54, 1.807) is 12.1 Å². The van der Waals surface area contributed by atoms with Crippen LogP contribution in [0.2, 0.25) is 0 Å². The first-order chi connectivity index (χ1) is 12.7. The molecular formula is C20H21N3O3. The molecule has 2 atom stereocenters. The van der Waals surface area contributed by atoms with Gasteiger partial charge in [-0.2, -0.15) is 5.26 Å². The van der Waals surface area contributed by atoms with Gasteiger partial charge in [0.1, 0.15) is 0 Å². The second-order valence-electron chi connectivity index (χ2n) is 6.78. The van der Waals surface area contributed by atoms with Crippen LogP contribution >= 0.6 is 0 Å². The van der Waals surface area contributed by atoms with Crippen LogP contribution in [0.5, 0.6) is 0 Å². The molecule has 2 fully saturated rings. The van der Waals surface area contributed by atoms with Gasteiger partial charge in [-0.25, -0.2) is 0 Å². The van der Waals surface area contributed by atoms with Crippen LogP contribution in [-0.4, -0.2) is 54.1 Å². The van der Waals surface area contributed by atoms with Crippen molar-refractivity contribution in [3.05, 3.63) is 59.5 Å². The SMILES string of the molecule is N#Cc1ccc(CN2CC[C@H]3OCCN(C(=O)c4ccco4)[C@@H]3C2)cc1. The molecule has 0 N–H and O–H groups in total. The summed E-state index contributed by atoms with van der Waals surface area (Å²) in [6.45, 7) is 3.67. The third-order valence-corrected chi connectivity index (χ3v) is 5.15. The molecule has 1 aromatic heterocycles. The lowest BCUT2D eigenvalue weighted by Gasteiger charge is -2.46. The van der Waals surface area contributed by atoms with Crippen LogP contribution in [0, 0.1) is 11.3 Å². The lowest BCUT2D eigenvalue weighted by molar-refractivity contribution is -0.0919. The zero-order valence-electron chi connectivity index (χ0n) is 14.5. The number of carbonyl (C=O) groups is 1. The van der Waals surface area contributed by atoms with E-state index >= 15 is 0 Å². The first-order valence-electron chi connectivity index (χ1n) is 8.92. The van der Waals surface area contributed by atoms with Gasteiger partial charge in [-0.15, -0.1) is 0 Å². The molecule has 0 radical (unpaired) electrons. The Bertz CT molecular complexity index is 795. The summed E-state index contributed by atoms with van der Waals surface area (Å²) in [7, 11) is 0. The normalized spacial score (nSPS) is 23.3. The van der Waals surface area contributed by atoms with E-state index in [0.717, 1.165) is 26.1 Å². The second kappa shape index (κ2) is 7.32. The van der Waals surface area contributed by atoms with E-state index in [1.165, 1.54) is 11.8 Å². The van der Waals surface area contributed by atoms with E-state index in [2.05, 4.69) is 11.0 Å². The van der Waals surface area contributed by atoms with Crippen molar-refractivity contribution in [3.8, 4) is 6.07 Å². The van der Waals surface area contributed by atoms with Crippen LogP contribution in [-0.2, 0) is 11.3 Å². The molecule has 0 aliphatic carbocycles. The summed E-state index contributed by atoms with van der Waals surface area (Å²) in [5.74, 6) is 0.323. The average molecular weight is 351 g/mol. The Kier molecular flexibility index (Phi) is 4.74. The Balaban J connectivity index is 1.46. The monoisotopic (exact) mass is 351 g/mol. The predicted molar refractivity (Wildman–Crippen MR) is 94.3 cm³/mol. The number of furan rings is 1. The van der Waals surface area contributed by atoms with Crippen LogP contribution in [0.1, 0.15) is 28.1 Å². The summed E-state index contributed by atoms with van der Waals surface area (Å²) in [5, 5.41) is 8.92. The van der Waals surface area contributed by atoms with Crippen LogP contribution in [0.25, 0.3) is 0 Å². The number of hydrogen-bond acceptors (Lipinski definition) is 5. The van der Waals surface area contributed by atoms with Gasteiger partial charge in [0.05, 0.1) is 36.6 Å². The maximum Gasteiger partial charge on any atom is 0.290 e. The molecule has 1 aromatic carbocycles. The molecule has 2 aromatic rings. The lowest BCUT2D eigenvalue weighted by Crippen LogP contribution is -2.61. The molecule has 0 unspecified atom stereocenters. The first-order valence-corrected chi connectivity index (χ1v) is 8.92. The Hall–Kier alpha value is -2.62. The number of rotatable bonds is 3. The number of hydrogen-bond donors (Lipinski definition) is 0. The fraction of sp³-hybridized carbons (Fsp3) is 0.400. The summed E-state index contributed by atoms with van der Waals surface area (Å²) in [5.41, 5.74) is 1.84. The molecule has 2 aliphatic rings. The number of ether oxygens (including phenoxy) is 1. The number of piperidine rings is 1. The van der Waals surface area contributed by atoms with Gasteiger partial charge in [-0.1, -0.05) is 12.1 Å². The molecule has 2 saturated heterocycles. The smallest absolute Gasteiger partial charge is 0.290 e. The molecule has 6 heteroatoms. The van der Waals surface area contributed by atoms with Crippen molar-refractivity contribution in [1.82, 2.24) is 9.80 Å². The summed E-state index contributed by atoms with van der Waals surface area (Å²) in [4.78, 5) is 17.0. The van der Waals surface area contributed by atoms with Gasteiger partial charge in [0, 0.05) is 26.2 Å². The van der Waals surface area contributed by atoms with Gasteiger partial charge < -0.3 is 14.1 Å². The minimum Gasteiger partial charge on any atom is -0.459 e. The highest BCUT2D eigenvalue weighted by Gasteiger charge is 2.40. The number of benzene rings is 1. The van der Waals surface area contributed by atoms with Gasteiger partial charge >= 0.3 is 0 Å². The first kappa shape index (κ1) is 16.8. The molecular weight excluding hydrogens is 330 g/mol. The zero-order valence-corrected chi connectivity index (χ0v) is 14.5. The van der Waals surface area contributed by atoms with Gasteiger partial charge in [0.15, 0.2) is 5.76 Å². The van der Waals surface area contributed by atoms with E-state index in [-0.39, 0.29) is 18.1 Å². The van der Waals surface area contributed by atoms with E-state index in [0.29, 0.717) is 24.5 Å². The van der Waals surface area contributed by atoms with E-state index in [9.17, 15) is 4.79 Å². The summed E-state index contributed by atoms with van der Waals surface area (Å²) in [6, 6.07) is 13.3. The zero-order chi connectivity index (χ0) is 17.9. The predicted octanol–water partition coefficient (Wildman–Crippen LogP) is 2.27. The number of nitrogens with zero attached hydrogens (tertiary/aromatic N) is 3. The highest BCUT2D eigenvalue weighted by atomic mass is 16.5. The van der Waals surface area contributed by atoms with Crippen molar-refractivity contribution in [3.63, 3.8) is 0 Å². The quantitative estimate of drug-likeness (QED) is 0.848. The number of morpholine rings is 1. The van der Waals surface area contributed by atoms with Crippen LogP contribution < -0.4 is 0 Å². The molecule has 0 spiro atoms. The Labute approximate surface area is 152 Å². The lowest BCUT2D eigenvalue weighted by atomic mass is 9.97. The summed E-state index contributed by atoms with van der Waals surface area (Å²) < 4.78 is 11.2. The molecule has 3 heterocycles. The van der Waals surface area contributed by atoms with Crippen molar-refractivity contribution < 1.29 is 13.9 Å². The third kappa shape index (κ3) is 3.36. The Morgan fingerprint density at radius 1 is 1.23 bits per heavy atom. The minimum atomic E-state index is -0.0616. The average Bonchev–Trinajstić information content (AvgIpc) is 3.22. The molecule has 0 bridgehead atoms. The Morgan fingerprint density at radius 3 is 2.81 bits per heavy atom. The number of likely N-dealkylation sites (tertiary alicyclic amines) is 1. The topological polar surface area (TPSA) is 69.7 Å². The fourth-order valence-electron chi connectivity index (χ4n) is 3.82. The van der Waals surface area contributed by atoms with Gasteiger partial charge in [-0.05, 0) is 36.2 Å². The van der Waals surface area contributed by atoms with Gasteiger partial charge in [0.2, 0.25) is 0 Å². The van der Waals surface area contributed by atoms with Crippen LogP contribution in [0.3, 0.4) is 0 Å². The van der Waals surface area contributed by atoms with Crippen molar-refractivity contribution >= 4 is 5.91 Å². The molecule has 0 saturated carbocycles. The van der Waals surface area contributed by atoms with Crippen molar-refractivity contribution in [2.24, 2.45) is 0 Å². The second-order valence-corrected chi connectivity index (χ2v) is 6.78. The standard InChI is InChI=1S/C20H21N3O3/c21-12-15-3-5-16(6-4-15)13-22-8-7-18-17(14-22)23(9-11-26-18)20(24)19-2-1-10-25-19/h1-6,10,17-18H,7-9,11,13-14H2/t17-,18-/m1/s1. The molecule has 26 heavy (non-hydrogen) atoms. The van der Waals surface area contributed by atoms with Crippen molar-refractivity contribution in [2.75, 3.05) is 26.2 Å². The number of carbonyl (C=O) groups excluding carboxylic acids is 1. The largest absolute Gasteiger partial charge is 0.459 e. The van der Waals surface area contributed by atoms with Crippen LogP contribution in [0.4, 0.5) is 0 Å². The molecule has 134 valence electrons. The molecule has 4 rings (SSSR count). The number of nitriles is 1. The van der Waals surface area contributed by atoms with E-state index in [1.807, 2.05) is 29.2 Å².